The number of benzene rings is 1. The number of carbonyl (C=O) groups excluding carboxylic acids is 2. The Morgan fingerprint density at radius 3 is 2.52 bits per heavy atom. The first kappa shape index (κ1) is 17.2. The normalized spacial score (nSPS) is 17.4. The Morgan fingerprint density at radius 1 is 1.26 bits per heavy atom. The summed E-state index contributed by atoms with van der Waals surface area (Å²) < 4.78 is 12.8. The van der Waals surface area contributed by atoms with Crippen LogP contribution < -0.4 is 10.6 Å². The van der Waals surface area contributed by atoms with Crippen LogP contribution in [0.5, 0.6) is 0 Å². The van der Waals surface area contributed by atoms with Crippen LogP contribution in [0.2, 0.25) is 0 Å². The van der Waals surface area contributed by atoms with Gasteiger partial charge in [0.05, 0.1) is 0 Å². The van der Waals surface area contributed by atoms with Gasteiger partial charge in [-0.3, -0.25) is 4.79 Å². The molecule has 1 aromatic carbocycles. The van der Waals surface area contributed by atoms with Gasteiger partial charge in [-0.1, -0.05) is 13.8 Å². The van der Waals surface area contributed by atoms with Crippen LogP contribution in [-0.4, -0.2) is 36.0 Å². The highest BCUT2D eigenvalue weighted by atomic mass is 19.1. The van der Waals surface area contributed by atoms with Crippen molar-refractivity contribution >= 4 is 17.6 Å². The quantitative estimate of drug-likeness (QED) is 0.876. The molecule has 3 amide bonds. The van der Waals surface area contributed by atoms with E-state index in [0.29, 0.717) is 18.8 Å². The fourth-order valence-corrected chi connectivity index (χ4v) is 2.86. The highest BCUT2D eigenvalue weighted by molar-refractivity contribution is 5.89. The molecule has 23 heavy (non-hydrogen) atoms. The molecule has 0 saturated carbocycles. The van der Waals surface area contributed by atoms with Crippen molar-refractivity contribution in [3.8, 4) is 0 Å². The summed E-state index contributed by atoms with van der Waals surface area (Å²) in [5.41, 5.74) is 0.534. The van der Waals surface area contributed by atoms with Crippen LogP contribution in [-0.2, 0) is 4.79 Å². The van der Waals surface area contributed by atoms with Crippen LogP contribution in [0, 0.1) is 11.7 Å². The maximum atomic E-state index is 12.8. The number of rotatable bonds is 5. The number of likely N-dealkylation sites (tertiary alicyclic amines) is 1. The molecule has 5 nitrogen and oxygen atoms in total. The number of nitrogens with zero attached hydrogens (tertiary/aromatic N) is 1. The minimum absolute atomic E-state index is 0.0474. The third kappa shape index (κ3) is 4.68. The van der Waals surface area contributed by atoms with Crippen molar-refractivity contribution in [3.63, 3.8) is 0 Å². The molecule has 0 aromatic heterocycles. The molecular formula is C17H24FN3O2. The molecule has 2 N–H and O–H groups in total. The summed E-state index contributed by atoms with van der Waals surface area (Å²) in [5, 5.41) is 5.53. The lowest BCUT2D eigenvalue weighted by molar-refractivity contribution is -0.134. The van der Waals surface area contributed by atoms with Gasteiger partial charge in [0.2, 0.25) is 5.91 Å². The largest absolute Gasteiger partial charge is 0.340 e. The van der Waals surface area contributed by atoms with E-state index in [2.05, 4.69) is 10.6 Å². The first-order valence-electron chi connectivity index (χ1n) is 8.15. The molecule has 1 fully saturated rings. The molecule has 126 valence electrons. The van der Waals surface area contributed by atoms with Crippen molar-refractivity contribution in [2.45, 2.75) is 39.2 Å². The van der Waals surface area contributed by atoms with Crippen LogP contribution in [0.25, 0.3) is 0 Å². The Balaban J connectivity index is 1.81. The topological polar surface area (TPSA) is 61.4 Å². The molecular weight excluding hydrogens is 297 g/mol. The smallest absolute Gasteiger partial charge is 0.319 e. The van der Waals surface area contributed by atoms with E-state index in [9.17, 15) is 14.0 Å². The monoisotopic (exact) mass is 321 g/mol. The first-order valence-corrected chi connectivity index (χ1v) is 8.15. The van der Waals surface area contributed by atoms with E-state index in [1.165, 1.54) is 24.3 Å². The van der Waals surface area contributed by atoms with Gasteiger partial charge in [0, 0.05) is 30.7 Å². The molecule has 0 radical (unpaired) electrons. The van der Waals surface area contributed by atoms with Crippen molar-refractivity contribution in [2.75, 3.05) is 18.4 Å². The summed E-state index contributed by atoms with van der Waals surface area (Å²) >= 11 is 0. The molecule has 1 unspecified atom stereocenters. The lowest BCUT2D eigenvalue weighted by Gasteiger charge is -2.22. The average molecular weight is 321 g/mol. The standard InChI is InChI=1S/C17H24FN3O2/c1-3-12(4-2)16(22)21-10-9-15(11-21)20-17(23)19-14-7-5-13(18)6-8-14/h5-8,12,15H,3-4,9-11H2,1-2H3,(H2,19,20,23). The molecule has 6 heteroatoms. The second-order valence-electron chi connectivity index (χ2n) is 5.89. The number of nitrogens with one attached hydrogen (secondary N) is 2. The Bertz CT molecular complexity index is 543. The second kappa shape index (κ2) is 7.94. The molecule has 1 heterocycles. The van der Waals surface area contributed by atoms with Gasteiger partial charge in [-0.05, 0) is 43.5 Å². The SMILES string of the molecule is CCC(CC)C(=O)N1CCC(NC(=O)Nc2ccc(F)cc2)C1. The van der Waals surface area contributed by atoms with Crippen LogP contribution in [0.4, 0.5) is 14.9 Å². The van der Waals surface area contributed by atoms with Gasteiger partial charge in [0.1, 0.15) is 5.82 Å². The molecule has 2 rings (SSSR count). The van der Waals surface area contributed by atoms with E-state index >= 15 is 0 Å². The number of anilines is 1. The van der Waals surface area contributed by atoms with Crippen molar-refractivity contribution in [2.24, 2.45) is 5.92 Å². The number of hydrogen-bond acceptors (Lipinski definition) is 2. The Labute approximate surface area is 136 Å². The zero-order valence-electron chi connectivity index (χ0n) is 13.6. The Morgan fingerprint density at radius 2 is 1.91 bits per heavy atom. The van der Waals surface area contributed by atoms with Gasteiger partial charge in [-0.25, -0.2) is 9.18 Å². The van der Waals surface area contributed by atoms with E-state index in [1.807, 2.05) is 18.7 Å². The van der Waals surface area contributed by atoms with Crippen LogP contribution in [0.15, 0.2) is 24.3 Å². The van der Waals surface area contributed by atoms with Crippen LogP contribution >= 0.6 is 0 Å². The third-order valence-electron chi connectivity index (χ3n) is 4.27. The maximum absolute atomic E-state index is 12.8. The van der Waals surface area contributed by atoms with Crippen LogP contribution in [0.3, 0.4) is 0 Å². The number of halogens is 1. The molecule has 1 saturated heterocycles. The number of carbonyl (C=O) groups is 2. The summed E-state index contributed by atoms with van der Waals surface area (Å²) in [6, 6.07) is 5.22. The van der Waals surface area contributed by atoms with Gasteiger partial charge in [-0.15, -0.1) is 0 Å². The molecule has 0 spiro atoms. The van der Waals surface area contributed by atoms with Crippen molar-refractivity contribution in [1.29, 1.82) is 0 Å². The predicted octanol–water partition coefficient (Wildman–Crippen LogP) is 2.98. The van der Waals surface area contributed by atoms with Gasteiger partial charge >= 0.3 is 6.03 Å². The van der Waals surface area contributed by atoms with E-state index in [1.54, 1.807) is 0 Å². The first-order chi connectivity index (χ1) is 11.0. The lowest BCUT2D eigenvalue weighted by Crippen LogP contribution is -2.41. The summed E-state index contributed by atoms with van der Waals surface area (Å²) in [5.74, 6) is -0.0951. The minimum atomic E-state index is -0.345. The fourth-order valence-electron chi connectivity index (χ4n) is 2.86. The summed E-state index contributed by atoms with van der Waals surface area (Å²) in [7, 11) is 0. The van der Waals surface area contributed by atoms with Crippen molar-refractivity contribution < 1.29 is 14.0 Å². The number of amides is 3. The highest BCUT2D eigenvalue weighted by Crippen LogP contribution is 2.17. The van der Waals surface area contributed by atoms with Gasteiger partial charge in [0.25, 0.3) is 0 Å². The average Bonchev–Trinajstić information content (AvgIpc) is 2.99. The zero-order chi connectivity index (χ0) is 16.8. The zero-order valence-corrected chi connectivity index (χ0v) is 13.6. The van der Waals surface area contributed by atoms with Gasteiger partial charge in [0.15, 0.2) is 0 Å². The maximum Gasteiger partial charge on any atom is 0.319 e. The predicted molar refractivity (Wildman–Crippen MR) is 87.6 cm³/mol. The highest BCUT2D eigenvalue weighted by Gasteiger charge is 2.30. The van der Waals surface area contributed by atoms with Crippen LogP contribution in [0.1, 0.15) is 33.1 Å². The van der Waals surface area contributed by atoms with E-state index in [0.717, 1.165) is 19.3 Å². The van der Waals surface area contributed by atoms with Gasteiger partial charge in [-0.2, -0.15) is 0 Å². The Kier molecular flexibility index (Phi) is 5.96. The Hall–Kier alpha value is -2.11. The van der Waals surface area contributed by atoms with E-state index in [4.69, 9.17) is 0 Å². The van der Waals surface area contributed by atoms with Crippen molar-refractivity contribution in [1.82, 2.24) is 10.2 Å². The minimum Gasteiger partial charge on any atom is -0.340 e. The molecule has 1 aromatic rings. The molecule has 0 bridgehead atoms. The molecule has 1 atom stereocenters. The number of hydrogen-bond donors (Lipinski definition) is 2. The molecule has 0 aliphatic carbocycles. The van der Waals surface area contributed by atoms with Gasteiger partial charge < -0.3 is 15.5 Å². The summed E-state index contributed by atoms with van der Waals surface area (Å²) in [6.07, 6.45) is 2.44. The van der Waals surface area contributed by atoms with E-state index in [-0.39, 0.29) is 29.7 Å². The molecule has 1 aliphatic heterocycles. The fraction of sp³-hybridized carbons (Fsp3) is 0.529. The second-order valence-corrected chi connectivity index (χ2v) is 5.89. The summed E-state index contributed by atoms with van der Waals surface area (Å²) in [4.78, 5) is 26.1. The van der Waals surface area contributed by atoms with Crippen molar-refractivity contribution in [3.05, 3.63) is 30.1 Å². The molecule has 1 aliphatic rings. The third-order valence-corrected chi connectivity index (χ3v) is 4.27. The van der Waals surface area contributed by atoms with E-state index < -0.39 is 0 Å². The number of urea groups is 1. The lowest BCUT2D eigenvalue weighted by atomic mass is 10.0. The summed E-state index contributed by atoms with van der Waals surface area (Å²) in [6.45, 7) is 5.27.